The van der Waals surface area contributed by atoms with Crippen LogP contribution in [0, 0.1) is 32.5 Å². The Hall–Kier alpha value is -3.40. The Morgan fingerprint density at radius 2 is 0.769 bits per heavy atom. The average molecular weight is 703 g/mol. The fraction of sp³-hybridized carbons (Fsp3) is 0.583. The summed E-state index contributed by atoms with van der Waals surface area (Å²) in [5.74, 6) is 3.65. The lowest BCUT2D eigenvalue weighted by Gasteiger charge is -2.80. The van der Waals surface area contributed by atoms with Crippen LogP contribution in [0.5, 0.6) is 23.0 Å². The predicted octanol–water partition coefficient (Wildman–Crippen LogP) is 11.9. The first-order chi connectivity index (χ1) is 24.7. The molecule has 0 aliphatic heterocycles. The Morgan fingerprint density at radius 1 is 0.442 bits per heavy atom. The zero-order valence-electron chi connectivity index (χ0n) is 32.5. The van der Waals surface area contributed by atoms with Crippen molar-refractivity contribution in [1.82, 2.24) is 0 Å². The maximum absolute atomic E-state index is 6.57. The molecule has 4 unspecified atom stereocenters. The molecule has 8 aliphatic carbocycles. The molecule has 0 heterocycles. The summed E-state index contributed by atoms with van der Waals surface area (Å²) in [5, 5.41) is 0. The molecule has 0 spiro atoms. The van der Waals surface area contributed by atoms with Crippen LogP contribution in [0.2, 0.25) is 0 Å². The molecule has 0 saturated heterocycles. The first-order valence-corrected chi connectivity index (χ1v) is 19.9. The second-order valence-electron chi connectivity index (χ2n) is 20.2. The van der Waals surface area contributed by atoms with Gasteiger partial charge in [0, 0.05) is 34.1 Å². The summed E-state index contributed by atoms with van der Waals surface area (Å²) < 4.78 is 25.3. The van der Waals surface area contributed by atoms with Crippen molar-refractivity contribution >= 4 is 0 Å². The monoisotopic (exact) mass is 702 g/mol. The highest BCUT2D eigenvalue weighted by molar-refractivity contribution is 5.50. The van der Waals surface area contributed by atoms with E-state index >= 15 is 0 Å². The molecule has 10 rings (SSSR count). The van der Waals surface area contributed by atoms with Crippen molar-refractivity contribution < 1.29 is 18.9 Å². The van der Waals surface area contributed by atoms with E-state index in [9.17, 15) is 0 Å². The molecule has 278 valence electrons. The highest BCUT2D eigenvalue weighted by atomic mass is 16.5. The normalized spacial score (nSPS) is 40.6. The fourth-order valence-electron chi connectivity index (χ4n) is 16.0. The Morgan fingerprint density at radius 3 is 1.10 bits per heavy atom. The Labute approximate surface area is 313 Å². The van der Waals surface area contributed by atoms with Crippen LogP contribution in [-0.4, -0.2) is 26.4 Å². The van der Waals surface area contributed by atoms with Gasteiger partial charge in [0.25, 0.3) is 0 Å². The molecule has 0 radical (unpaired) electrons. The SMILES string of the molecule is C=CCOc1ccc(C23CC4(C)CC(C)(C2)CC(C25CC6(C)CC(C)(CC(c7ccc(OCC=C)cc7OCC=C)(C6)C2)C5)(C4)C3)c(OCC=C)c1. The second-order valence-corrected chi connectivity index (χ2v) is 20.2. The largest absolute Gasteiger partial charge is 0.489 e. The summed E-state index contributed by atoms with van der Waals surface area (Å²) in [6.45, 7) is 28.3. The number of hydrogen-bond acceptors (Lipinski definition) is 4. The first-order valence-electron chi connectivity index (χ1n) is 19.9. The molecule has 8 fully saturated rings. The van der Waals surface area contributed by atoms with Gasteiger partial charge in [0.05, 0.1) is 0 Å². The van der Waals surface area contributed by atoms with Crippen LogP contribution >= 0.6 is 0 Å². The maximum atomic E-state index is 6.57. The third kappa shape index (κ3) is 5.60. The summed E-state index contributed by atoms with van der Waals surface area (Å²) >= 11 is 0. The minimum absolute atomic E-state index is 0.0619. The number of rotatable bonds is 15. The van der Waals surface area contributed by atoms with Crippen molar-refractivity contribution in [3.05, 3.63) is 98.1 Å². The fourth-order valence-corrected chi connectivity index (χ4v) is 16.0. The molecular formula is C48H62O4. The molecule has 0 N–H and O–H groups in total. The van der Waals surface area contributed by atoms with E-state index in [1.54, 1.807) is 0 Å². The summed E-state index contributed by atoms with van der Waals surface area (Å²) in [6, 6.07) is 13.4. The zero-order chi connectivity index (χ0) is 36.7. The summed E-state index contributed by atoms with van der Waals surface area (Å²) in [7, 11) is 0. The molecule has 4 atom stereocenters. The molecule has 8 aliphatic rings. The third-order valence-corrected chi connectivity index (χ3v) is 14.8. The smallest absolute Gasteiger partial charge is 0.127 e. The van der Waals surface area contributed by atoms with E-state index in [0.717, 1.165) is 23.0 Å². The van der Waals surface area contributed by atoms with Crippen LogP contribution in [0.4, 0.5) is 0 Å². The van der Waals surface area contributed by atoms with Crippen LogP contribution in [-0.2, 0) is 10.8 Å². The van der Waals surface area contributed by atoms with Gasteiger partial charge in [0.2, 0.25) is 0 Å². The van der Waals surface area contributed by atoms with Crippen molar-refractivity contribution in [1.29, 1.82) is 0 Å². The predicted molar refractivity (Wildman–Crippen MR) is 212 cm³/mol. The van der Waals surface area contributed by atoms with Gasteiger partial charge in [-0.25, -0.2) is 0 Å². The van der Waals surface area contributed by atoms with E-state index in [1.165, 1.54) is 88.2 Å². The van der Waals surface area contributed by atoms with Crippen molar-refractivity contribution in [3.63, 3.8) is 0 Å². The lowest BCUT2D eigenvalue weighted by atomic mass is 9.24. The van der Waals surface area contributed by atoms with Crippen LogP contribution < -0.4 is 18.9 Å². The van der Waals surface area contributed by atoms with Crippen molar-refractivity contribution in [3.8, 4) is 23.0 Å². The van der Waals surface area contributed by atoms with Crippen molar-refractivity contribution in [2.24, 2.45) is 32.5 Å². The molecule has 4 nitrogen and oxygen atoms in total. The van der Waals surface area contributed by atoms with Gasteiger partial charge in [-0.15, -0.1) is 0 Å². The second kappa shape index (κ2) is 12.1. The lowest BCUT2D eigenvalue weighted by Crippen LogP contribution is -2.71. The van der Waals surface area contributed by atoms with Gasteiger partial charge in [0.15, 0.2) is 0 Å². The van der Waals surface area contributed by atoms with Crippen LogP contribution in [0.15, 0.2) is 87.0 Å². The highest BCUT2D eigenvalue weighted by Gasteiger charge is 2.76. The van der Waals surface area contributed by atoms with E-state index in [2.05, 4.69) is 90.4 Å². The van der Waals surface area contributed by atoms with Crippen LogP contribution in [0.1, 0.15) is 116 Å². The van der Waals surface area contributed by atoms with E-state index in [0.29, 0.717) is 26.4 Å². The molecule has 4 heteroatoms. The van der Waals surface area contributed by atoms with Gasteiger partial charge in [-0.3, -0.25) is 0 Å². The van der Waals surface area contributed by atoms with Gasteiger partial charge in [-0.2, -0.15) is 0 Å². The Bertz CT molecular complexity index is 1620. The maximum Gasteiger partial charge on any atom is 0.127 e. The summed E-state index contributed by atoms with van der Waals surface area (Å²) in [4.78, 5) is 0. The quantitative estimate of drug-likeness (QED) is 0.173. The van der Waals surface area contributed by atoms with Gasteiger partial charge >= 0.3 is 0 Å². The Kier molecular flexibility index (Phi) is 8.26. The topological polar surface area (TPSA) is 36.9 Å². The zero-order valence-corrected chi connectivity index (χ0v) is 32.5. The minimum Gasteiger partial charge on any atom is -0.489 e. The van der Waals surface area contributed by atoms with E-state index in [1.807, 2.05) is 24.3 Å². The molecule has 2 aromatic rings. The van der Waals surface area contributed by atoms with Gasteiger partial charge in [0.1, 0.15) is 49.4 Å². The average Bonchev–Trinajstić information content (AvgIpc) is 3.04. The molecule has 0 amide bonds. The minimum atomic E-state index is 0.0619. The van der Waals surface area contributed by atoms with E-state index in [4.69, 9.17) is 18.9 Å². The lowest BCUT2D eigenvalue weighted by molar-refractivity contribution is -0.275. The van der Waals surface area contributed by atoms with Gasteiger partial charge < -0.3 is 18.9 Å². The molecule has 8 bridgehead atoms. The van der Waals surface area contributed by atoms with E-state index in [-0.39, 0.29) is 43.3 Å². The molecule has 0 aromatic heterocycles. The molecule has 8 saturated carbocycles. The molecular weight excluding hydrogens is 641 g/mol. The molecule has 2 aromatic carbocycles. The van der Waals surface area contributed by atoms with Gasteiger partial charge in [-0.1, -0.05) is 90.4 Å². The van der Waals surface area contributed by atoms with Crippen molar-refractivity contribution in [2.75, 3.05) is 26.4 Å². The van der Waals surface area contributed by atoms with Crippen LogP contribution in [0.25, 0.3) is 0 Å². The number of ether oxygens (including phenoxy) is 4. The molecule has 52 heavy (non-hydrogen) atoms. The Balaban J connectivity index is 1.26. The van der Waals surface area contributed by atoms with Crippen molar-refractivity contribution in [2.45, 2.75) is 116 Å². The number of hydrogen-bond donors (Lipinski definition) is 0. The van der Waals surface area contributed by atoms with Crippen LogP contribution in [0.3, 0.4) is 0 Å². The first kappa shape index (κ1) is 35.6. The highest BCUT2D eigenvalue weighted by Crippen LogP contribution is 2.85. The van der Waals surface area contributed by atoms with Gasteiger partial charge in [-0.05, 0) is 122 Å². The standard InChI is InChI=1S/C48H62O4/c1-9-17-49-35-13-15-37(39(21-35)51-19-11-3)45-25-41(5)23-42(6,26-45)30-47(29-41,33-45)48-31-43(7)24-44(8,32-48)28-46(27-43,34-48)38-16-14-36(50-18-10-2)22-40(38)52-20-12-4/h9-16,21-22H,1-4,17-20,23-34H2,5-8H3. The number of benzene rings is 2. The summed E-state index contributed by atoms with van der Waals surface area (Å²) in [6.07, 6.45) is 22.8. The van der Waals surface area contributed by atoms with E-state index < -0.39 is 0 Å². The summed E-state index contributed by atoms with van der Waals surface area (Å²) in [5.41, 5.74) is 4.58. The third-order valence-electron chi connectivity index (χ3n) is 14.8.